The van der Waals surface area contributed by atoms with Gasteiger partial charge in [0.1, 0.15) is 6.04 Å². The summed E-state index contributed by atoms with van der Waals surface area (Å²) in [7, 11) is 0. The number of hydrogen-bond donors (Lipinski definition) is 1. The highest BCUT2D eigenvalue weighted by molar-refractivity contribution is 5.81. The maximum Gasteiger partial charge on any atom is 0.407 e. The summed E-state index contributed by atoms with van der Waals surface area (Å²) in [6.07, 6.45) is 9.28. The first kappa shape index (κ1) is 26.0. The van der Waals surface area contributed by atoms with Gasteiger partial charge in [-0.25, -0.2) is 9.59 Å². The van der Waals surface area contributed by atoms with Gasteiger partial charge in [0.2, 0.25) is 0 Å². The average molecular weight is 420 g/mol. The molecule has 0 bridgehead atoms. The maximum atomic E-state index is 12.6. The zero-order valence-corrected chi connectivity index (χ0v) is 19.4. The molecule has 1 N–H and O–H groups in total. The van der Waals surface area contributed by atoms with Crippen LogP contribution in [0.25, 0.3) is 0 Å². The van der Waals surface area contributed by atoms with Gasteiger partial charge in [0.25, 0.3) is 0 Å². The van der Waals surface area contributed by atoms with Gasteiger partial charge in [0.15, 0.2) is 0 Å². The Morgan fingerprint density at radius 3 is 2.10 bits per heavy atom. The van der Waals surface area contributed by atoms with E-state index < -0.39 is 18.1 Å². The van der Waals surface area contributed by atoms with Crippen molar-refractivity contribution in [1.82, 2.24) is 5.32 Å². The zero-order valence-electron chi connectivity index (χ0n) is 19.4. The first-order valence-electron chi connectivity index (χ1n) is 11.5. The molecule has 1 rings (SSSR count). The number of hydrogen-bond acceptors (Lipinski definition) is 4. The summed E-state index contributed by atoms with van der Waals surface area (Å²) < 4.78 is 10.7. The minimum absolute atomic E-state index is 0.136. The fraction of sp³-hybridized carbons (Fsp3) is 0.680. The summed E-state index contributed by atoms with van der Waals surface area (Å²) in [5.74, 6) is -0.408. The predicted molar refractivity (Wildman–Crippen MR) is 121 cm³/mol. The quantitative estimate of drug-likeness (QED) is 0.294. The molecule has 0 aliphatic heterocycles. The molecule has 0 saturated carbocycles. The van der Waals surface area contributed by atoms with Crippen molar-refractivity contribution in [2.45, 2.75) is 91.5 Å². The monoisotopic (exact) mass is 419 g/mol. The van der Waals surface area contributed by atoms with E-state index in [1.54, 1.807) is 0 Å². The number of carbonyl (C=O) groups excluding carboxylic acids is 2. The third-order valence-electron chi connectivity index (χ3n) is 4.74. The SMILES string of the molecule is CCCCCCCCCCOC(=O)C(Cc1ccccc1)NC(=O)OCC(C)(C)C. The lowest BCUT2D eigenvalue weighted by molar-refractivity contribution is -0.146. The van der Waals surface area contributed by atoms with E-state index in [-0.39, 0.29) is 12.0 Å². The molecule has 0 aliphatic carbocycles. The van der Waals surface area contributed by atoms with Crippen molar-refractivity contribution in [2.24, 2.45) is 5.41 Å². The Morgan fingerprint density at radius 2 is 1.50 bits per heavy atom. The molecule has 0 aliphatic rings. The van der Waals surface area contributed by atoms with Crippen molar-refractivity contribution in [3.8, 4) is 0 Å². The van der Waals surface area contributed by atoms with E-state index in [1.165, 1.54) is 38.5 Å². The first-order chi connectivity index (χ1) is 14.3. The molecule has 1 atom stereocenters. The Bertz CT molecular complexity index is 595. The van der Waals surface area contributed by atoms with Crippen molar-refractivity contribution in [1.29, 1.82) is 0 Å². The molecule has 0 saturated heterocycles. The Labute approximate surface area is 182 Å². The molecular weight excluding hydrogens is 378 g/mol. The number of ether oxygens (including phenoxy) is 2. The summed E-state index contributed by atoms with van der Waals surface area (Å²) in [6, 6.07) is 8.85. The lowest BCUT2D eigenvalue weighted by Crippen LogP contribution is -2.44. The Balaban J connectivity index is 2.43. The highest BCUT2D eigenvalue weighted by Gasteiger charge is 2.24. The van der Waals surface area contributed by atoms with Gasteiger partial charge in [-0.05, 0) is 17.4 Å². The van der Waals surface area contributed by atoms with Gasteiger partial charge in [-0.1, -0.05) is 103 Å². The summed E-state index contributed by atoms with van der Waals surface area (Å²) in [6.45, 7) is 8.85. The van der Waals surface area contributed by atoms with Crippen molar-refractivity contribution in [3.05, 3.63) is 35.9 Å². The van der Waals surface area contributed by atoms with Crippen LogP contribution in [-0.2, 0) is 20.7 Å². The fourth-order valence-electron chi connectivity index (χ4n) is 3.02. The summed E-state index contributed by atoms with van der Waals surface area (Å²) >= 11 is 0. The second kappa shape index (κ2) is 14.9. The van der Waals surface area contributed by atoms with Crippen LogP contribution in [-0.4, -0.2) is 31.3 Å². The van der Waals surface area contributed by atoms with Gasteiger partial charge >= 0.3 is 12.1 Å². The number of esters is 1. The lowest BCUT2D eigenvalue weighted by atomic mass is 9.99. The van der Waals surface area contributed by atoms with E-state index in [2.05, 4.69) is 12.2 Å². The highest BCUT2D eigenvalue weighted by atomic mass is 16.6. The van der Waals surface area contributed by atoms with Crippen LogP contribution >= 0.6 is 0 Å². The van der Waals surface area contributed by atoms with Crippen LogP contribution in [0.15, 0.2) is 30.3 Å². The smallest absolute Gasteiger partial charge is 0.407 e. The molecular formula is C25H41NO4. The molecule has 170 valence electrons. The van der Waals surface area contributed by atoms with Crippen molar-refractivity contribution in [3.63, 3.8) is 0 Å². The van der Waals surface area contributed by atoms with E-state index >= 15 is 0 Å². The normalized spacial score (nSPS) is 12.3. The van der Waals surface area contributed by atoms with Crippen LogP contribution in [0.4, 0.5) is 4.79 Å². The van der Waals surface area contributed by atoms with E-state index in [4.69, 9.17) is 9.47 Å². The molecule has 0 aromatic heterocycles. The molecule has 30 heavy (non-hydrogen) atoms. The number of rotatable bonds is 14. The van der Waals surface area contributed by atoms with Crippen LogP contribution in [0.5, 0.6) is 0 Å². The van der Waals surface area contributed by atoms with Crippen LogP contribution in [0.1, 0.15) is 84.6 Å². The molecule has 1 amide bonds. The third kappa shape index (κ3) is 13.2. The Kier molecular flexibility index (Phi) is 12.9. The number of amides is 1. The molecule has 0 spiro atoms. The van der Waals surface area contributed by atoms with E-state index in [1.807, 2.05) is 51.1 Å². The molecule has 0 radical (unpaired) electrons. The number of alkyl carbamates (subject to hydrolysis) is 1. The zero-order chi connectivity index (χ0) is 22.2. The van der Waals surface area contributed by atoms with Gasteiger partial charge in [0.05, 0.1) is 13.2 Å². The molecule has 1 aromatic rings. The highest BCUT2D eigenvalue weighted by Crippen LogP contribution is 2.13. The lowest BCUT2D eigenvalue weighted by Gasteiger charge is -2.21. The number of benzene rings is 1. The third-order valence-corrected chi connectivity index (χ3v) is 4.74. The topological polar surface area (TPSA) is 64.6 Å². The summed E-state index contributed by atoms with van der Waals surface area (Å²) in [4.78, 5) is 24.8. The van der Waals surface area contributed by atoms with E-state index in [0.717, 1.165) is 18.4 Å². The van der Waals surface area contributed by atoms with Crippen molar-refractivity contribution < 1.29 is 19.1 Å². The van der Waals surface area contributed by atoms with Crippen molar-refractivity contribution in [2.75, 3.05) is 13.2 Å². The van der Waals surface area contributed by atoms with Gasteiger partial charge in [0, 0.05) is 6.42 Å². The molecule has 1 aromatic carbocycles. The van der Waals surface area contributed by atoms with Gasteiger partial charge in [-0.2, -0.15) is 0 Å². The number of nitrogens with one attached hydrogen (secondary N) is 1. The van der Waals surface area contributed by atoms with Crippen LogP contribution in [0.3, 0.4) is 0 Å². The predicted octanol–water partition coefficient (Wildman–Crippen LogP) is 6.05. The van der Waals surface area contributed by atoms with Crippen LogP contribution in [0, 0.1) is 5.41 Å². The molecule has 5 heteroatoms. The molecule has 0 fully saturated rings. The maximum absolute atomic E-state index is 12.6. The van der Waals surface area contributed by atoms with Crippen molar-refractivity contribution >= 4 is 12.1 Å². The van der Waals surface area contributed by atoms with Gasteiger partial charge in [-0.15, -0.1) is 0 Å². The summed E-state index contributed by atoms with van der Waals surface area (Å²) in [5.41, 5.74) is 0.825. The second-order valence-electron chi connectivity index (χ2n) is 9.17. The fourth-order valence-corrected chi connectivity index (χ4v) is 3.02. The number of carbonyl (C=O) groups is 2. The van der Waals surface area contributed by atoms with E-state index in [0.29, 0.717) is 13.0 Å². The number of unbranched alkanes of at least 4 members (excludes halogenated alkanes) is 7. The van der Waals surface area contributed by atoms with Gasteiger partial charge in [-0.3, -0.25) is 0 Å². The van der Waals surface area contributed by atoms with Crippen LogP contribution in [0.2, 0.25) is 0 Å². The van der Waals surface area contributed by atoms with E-state index in [9.17, 15) is 9.59 Å². The molecule has 5 nitrogen and oxygen atoms in total. The standard InChI is InChI=1S/C25H41NO4/c1-5-6-7-8-9-10-11-15-18-29-23(27)22(19-21-16-13-12-14-17-21)26-24(28)30-20-25(2,3)4/h12-14,16-17,22H,5-11,15,18-20H2,1-4H3,(H,26,28). The minimum Gasteiger partial charge on any atom is -0.464 e. The first-order valence-corrected chi connectivity index (χ1v) is 11.5. The average Bonchev–Trinajstić information content (AvgIpc) is 2.70. The Hall–Kier alpha value is -2.04. The largest absolute Gasteiger partial charge is 0.464 e. The Morgan fingerprint density at radius 1 is 0.900 bits per heavy atom. The molecule has 0 heterocycles. The second-order valence-corrected chi connectivity index (χ2v) is 9.17. The van der Waals surface area contributed by atoms with Gasteiger partial charge < -0.3 is 14.8 Å². The minimum atomic E-state index is -0.756. The van der Waals surface area contributed by atoms with Crippen LogP contribution < -0.4 is 5.32 Å². The molecule has 1 unspecified atom stereocenters. The summed E-state index contributed by atoms with van der Waals surface area (Å²) in [5, 5.41) is 2.68.